The Morgan fingerprint density at radius 2 is 2.38 bits per heavy atom. The van der Waals surface area contributed by atoms with Crippen LogP contribution in [-0.2, 0) is 19.6 Å². The molecule has 21 heavy (non-hydrogen) atoms. The topological polar surface area (TPSA) is 102 Å². The van der Waals surface area contributed by atoms with Crippen LogP contribution in [0.5, 0.6) is 0 Å². The third kappa shape index (κ3) is 3.42. The highest BCUT2D eigenvalue weighted by molar-refractivity contribution is 7.89. The molecule has 1 aliphatic heterocycles. The van der Waals surface area contributed by atoms with E-state index in [0.29, 0.717) is 13.2 Å². The molecule has 0 saturated carbocycles. The molecule has 8 nitrogen and oxygen atoms in total. The second-order valence-electron chi connectivity index (χ2n) is 5.20. The van der Waals surface area contributed by atoms with Crippen LogP contribution in [0.2, 0.25) is 0 Å². The number of ether oxygens (including phenoxy) is 1. The summed E-state index contributed by atoms with van der Waals surface area (Å²) in [5.74, 6) is -1.81. The van der Waals surface area contributed by atoms with E-state index >= 15 is 0 Å². The molecule has 2 rings (SSSR count). The molecule has 0 amide bonds. The van der Waals surface area contributed by atoms with Crippen molar-refractivity contribution in [3.63, 3.8) is 0 Å². The van der Waals surface area contributed by atoms with E-state index in [2.05, 4.69) is 5.10 Å². The third-order valence-corrected chi connectivity index (χ3v) is 5.29. The fraction of sp³-hybridized carbons (Fsp3) is 0.667. The van der Waals surface area contributed by atoms with Gasteiger partial charge in [0.1, 0.15) is 4.90 Å². The predicted molar refractivity (Wildman–Crippen MR) is 73.3 cm³/mol. The van der Waals surface area contributed by atoms with E-state index in [9.17, 15) is 13.2 Å². The summed E-state index contributed by atoms with van der Waals surface area (Å²) in [7, 11) is -2.36. The van der Waals surface area contributed by atoms with Crippen molar-refractivity contribution in [2.45, 2.75) is 24.3 Å². The van der Waals surface area contributed by atoms with Crippen molar-refractivity contribution in [1.29, 1.82) is 0 Å². The van der Waals surface area contributed by atoms with Gasteiger partial charge in [-0.2, -0.15) is 9.40 Å². The highest BCUT2D eigenvalue weighted by atomic mass is 32.2. The number of carbonyl (C=O) groups is 1. The Hall–Kier alpha value is -1.45. The molecule has 9 heteroatoms. The molecule has 1 aromatic rings. The Balaban J connectivity index is 2.13. The van der Waals surface area contributed by atoms with Gasteiger partial charge < -0.3 is 9.84 Å². The van der Waals surface area contributed by atoms with Crippen LogP contribution in [0.3, 0.4) is 0 Å². The molecule has 1 N–H and O–H groups in total. The number of hydrogen-bond acceptors (Lipinski definition) is 5. The first-order valence-corrected chi connectivity index (χ1v) is 8.07. The fourth-order valence-electron chi connectivity index (χ4n) is 2.13. The lowest BCUT2D eigenvalue weighted by molar-refractivity contribution is -0.141. The van der Waals surface area contributed by atoms with Crippen molar-refractivity contribution in [3.05, 3.63) is 12.4 Å². The number of carboxylic acids is 1. The lowest BCUT2D eigenvalue weighted by Gasteiger charge is -2.18. The fourth-order valence-corrected chi connectivity index (χ4v) is 3.33. The van der Waals surface area contributed by atoms with Gasteiger partial charge in [0.15, 0.2) is 0 Å². The Morgan fingerprint density at radius 3 is 2.95 bits per heavy atom. The van der Waals surface area contributed by atoms with Crippen LogP contribution in [0.1, 0.15) is 19.4 Å². The van der Waals surface area contributed by atoms with Crippen molar-refractivity contribution >= 4 is 16.0 Å². The number of rotatable bonds is 6. The lowest BCUT2D eigenvalue weighted by atomic mass is 10.2. The maximum atomic E-state index is 12.4. The van der Waals surface area contributed by atoms with Crippen LogP contribution in [0.4, 0.5) is 0 Å². The largest absolute Gasteiger partial charge is 0.481 e. The summed E-state index contributed by atoms with van der Waals surface area (Å²) in [5.41, 5.74) is 0. The first kappa shape index (κ1) is 15.9. The highest BCUT2D eigenvalue weighted by Gasteiger charge is 2.27. The third-order valence-electron chi connectivity index (χ3n) is 3.52. The first-order chi connectivity index (χ1) is 9.82. The van der Waals surface area contributed by atoms with Gasteiger partial charge in [0, 0.05) is 26.4 Å². The van der Waals surface area contributed by atoms with Crippen LogP contribution >= 0.6 is 0 Å². The van der Waals surface area contributed by atoms with Crippen molar-refractivity contribution in [1.82, 2.24) is 14.1 Å². The summed E-state index contributed by atoms with van der Waals surface area (Å²) in [6, 6.07) is 0.0530. The van der Waals surface area contributed by atoms with Gasteiger partial charge in [-0.15, -0.1) is 0 Å². The van der Waals surface area contributed by atoms with E-state index in [0.717, 1.165) is 10.7 Å². The molecule has 118 valence electrons. The van der Waals surface area contributed by atoms with E-state index < -0.39 is 21.9 Å². The maximum Gasteiger partial charge on any atom is 0.307 e. The van der Waals surface area contributed by atoms with Gasteiger partial charge in [-0.1, -0.05) is 6.92 Å². The number of nitrogens with zero attached hydrogens (tertiary/aromatic N) is 3. The number of aliphatic carboxylic acids is 1. The zero-order chi connectivity index (χ0) is 15.6. The Kier molecular flexibility index (Phi) is 4.64. The molecular weight excluding hydrogens is 298 g/mol. The van der Waals surface area contributed by atoms with E-state index in [4.69, 9.17) is 9.84 Å². The van der Waals surface area contributed by atoms with Crippen LogP contribution in [0.15, 0.2) is 17.3 Å². The second-order valence-corrected chi connectivity index (χ2v) is 7.24. The van der Waals surface area contributed by atoms with E-state index in [1.807, 2.05) is 0 Å². The zero-order valence-corrected chi connectivity index (χ0v) is 12.8. The molecule has 2 unspecified atom stereocenters. The van der Waals surface area contributed by atoms with E-state index in [1.165, 1.54) is 26.4 Å². The highest BCUT2D eigenvalue weighted by Crippen LogP contribution is 2.21. The summed E-state index contributed by atoms with van der Waals surface area (Å²) in [6.45, 7) is 2.54. The summed E-state index contributed by atoms with van der Waals surface area (Å²) >= 11 is 0. The quantitative estimate of drug-likeness (QED) is 0.803. The van der Waals surface area contributed by atoms with Crippen LogP contribution in [0.25, 0.3) is 0 Å². The molecular formula is C12H19N3O5S. The summed E-state index contributed by atoms with van der Waals surface area (Å²) < 4.78 is 32.6. The molecule has 1 fully saturated rings. The van der Waals surface area contributed by atoms with E-state index in [1.54, 1.807) is 4.68 Å². The van der Waals surface area contributed by atoms with Crippen LogP contribution in [-0.4, -0.2) is 60.4 Å². The molecule has 1 aliphatic rings. The minimum Gasteiger partial charge on any atom is -0.481 e. The lowest BCUT2D eigenvalue weighted by Crippen LogP contribution is -2.33. The standard InChI is InChI=1S/C12H19N3O5S/c1-9(12(16)17)6-14(2)21(18,19)11-5-13-15(7-11)10-3-4-20-8-10/h5,7,9-10H,3-4,6,8H2,1-2H3,(H,16,17). The molecule has 2 heterocycles. The summed E-state index contributed by atoms with van der Waals surface area (Å²) in [5, 5.41) is 12.9. The van der Waals surface area contributed by atoms with Crippen LogP contribution < -0.4 is 0 Å². The van der Waals surface area contributed by atoms with Crippen molar-refractivity contribution < 1.29 is 23.1 Å². The molecule has 0 aromatic carbocycles. The average Bonchev–Trinajstić information content (AvgIpc) is 3.09. The molecule has 1 aromatic heterocycles. The molecule has 0 radical (unpaired) electrons. The zero-order valence-electron chi connectivity index (χ0n) is 12.0. The van der Waals surface area contributed by atoms with Gasteiger partial charge in [-0.25, -0.2) is 8.42 Å². The maximum absolute atomic E-state index is 12.4. The number of hydrogen-bond donors (Lipinski definition) is 1. The monoisotopic (exact) mass is 317 g/mol. The predicted octanol–water partition coefficient (Wildman–Crippen LogP) is 0.186. The van der Waals surface area contributed by atoms with Gasteiger partial charge in [0.25, 0.3) is 0 Å². The molecule has 0 spiro atoms. The minimum atomic E-state index is -3.73. The summed E-state index contributed by atoms with van der Waals surface area (Å²) in [4.78, 5) is 10.9. The number of sulfonamides is 1. The SMILES string of the molecule is CC(CN(C)S(=O)(=O)c1cnn(C2CCOC2)c1)C(=O)O. The number of aromatic nitrogens is 2. The molecule has 0 bridgehead atoms. The Bertz CT molecular complexity index is 606. The molecule has 2 atom stereocenters. The van der Waals surface area contributed by atoms with Crippen molar-refractivity contribution in [2.75, 3.05) is 26.8 Å². The van der Waals surface area contributed by atoms with Crippen molar-refractivity contribution in [2.24, 2.45) is 5.92 Å². The molecule has 1 saturated heterocycles. The molecule has 0 aliphatic carbocycles. The average molecular weight is 317 g/mol. The van der Waals surface area contributed by atoms with Gasteiger partial charge >= 0.3 is 5.97 Å². The number of carboxylic acid groups (broad SMARTS) is 1. The van der Waals surface area contributed by atoms with Gasteiger partial charge in [-0.3, -0.25) is 9.48 Å². The van der Waals surface area contributed by atoms with Crippen molar-refractivity contribution in [3.8, 4) is 0 Å². The second kappa shape index (κ2) is 6.12. The van der Waals surface area contributed by atoms with Gasteiger partial charge in [0.2, 0.25) is 10.0 Å². The Labute approximate surface area is 123 Å². The van der Waals surface area contributed by atoms with Gasteiger partial charge in [0.05, 0.1) is 24.8 Å². The van der Waals surface area contributed by atoms with E-state index in [-0.39, 0.29) is 17.5 Å². The smallest absolute Gasteiger partial charge is 0.307 e. The Morgan fingerprint density at radius 1 is 1.67 bits per heavy atom. The van der Waals surface area contributed by atoms with Gasteiger partial charge in [-0.05, 0) is 6.42 Å². The first-order valence-electron chi connectivity index (χ1n) is 6.63. The minimum absolute atomic E-state index is 0.0530. The summed E-state index contributed by atoms with van der Waals surface area (Å²) in [6.07, 6.45) is 3.55. The van der Waals surface area contributed by atoms with Crippen LogP contribution in [0, 0.1) is 5.92 Å². The normalized spacial score (nSPS) is 20.8.